The van der Waals surface area contributed by atoms with Gasteiger partial charge in [0.25, 0.3) is 0 Å². The lowest BCUT2D eigenvalue weighted by atomic mass is 9.88. The van der Waals surface area contributed by atoms with Gasteiger partial charge in [-0.25, -0.2) is 0 Å². The fourth-order valence-electron chi connectivity index (χ4n) is 1.57. The molecule has 0 aliphatic heterocycles. The van der Waals surface area contributed by atoms with Crippen LogP contribution in [0.3, 0.4) is 0 Å². The Labute approximate surface area is 85.7 Å². The van der Waals surface area contributed by atoms with Crippen molar-refractivity contribution in [3.63, 3.8) is 0 Å². The average Bonchev–Trinajstić information content (AvgIpc) is 2.21. The minimum Gasteiger partial charge on any atom is -0.198 e. The monoisotopic (exact) mass is 185 g/mol. The third kappa shape index (κ3) is 2.47. The van der Waals surface area contributed by atoms with Gasteiger partial charge in [0.2, 0.25) is 0 Å². The summed E-state index contributed by atoms with van der Waals surface area (Å²) >= 11 is 0. The Morgan fingerprint density at radius 3 is 2.43 bits per heavy atom. The first-order valence-corrected chi connectivity index (χ1v) is 4.87. The van der Waals surface area contributed by atoms with E-state index in [0.29, 0.717) is 0 Å². The van der Waals surface area contributed by atoms with E-state index < -0.39 is 0 Å². The van der Waals surface area contributed by atoms with Crippen molar-refractivity contribution in [2.75, 3.05) is 0 Å². The molecule has 14 heavy (non-hydrogen) atoms. The maximum Gasteiger partial charge on any atom is 0.0772 e. The summed E-state index contributed by atoms with van der Waals surface area (Å²) in [5.41, 5.74) is 1.10. The number of nitrogens with zero attached hydrogens (tertiary/aromatic N) is 1. The van der Waals surface area contributed by atoms with E-state index in [1.165, 1.54) is 0 Å². The third-order valence-corrected chi connectivity index (χ3v) is 2.32. The van der Waals surface area contributed by atoms with Crippen LogP contribution < -0.4 is 0 Å². The highest BCUT2D eigenvalue weighted by Crippen LogP contribution is 2.24. The molecule has 0 amide bonds. The van der Waals surface area contributed by atoms with Crippen molar-refractivity contribution >= 4 is 0 Å². The van der Waals surface area contributed by atoms with Crippen molar-refractivity contribution in [1.29, 1.82) is 5.26 Å². The van der Waals surface area contributed by atoms with Gasteiger partial charge in [0, 0.05) is 0 Å². The molecule has 1 aromatic rings. The molecular formula is C13H15N. The Kier molecular flexibility index (Phi) is 3.94. The number of benzene rings is 1. The Hall–Kier alpha value is -1.55. The zero-order valence-electron chi connectivity index (χ0n) is 8.64. The quantitative estimate of drug-likeness (QED) is 0.661. The van der Waals surface area contributed by atoms with Gasteiger partial charge in [0.15, 0.2) is 0 Å². The maximum atomic E-state index is 9.09. The molecular weight excluding hydrogens is 170 g/mol. The fourth-order valence-corrected chi connectivity index (χ4v) is 1.57. The van der Waals surface area contributed by atoms with E-state index in [0.717, 1.165) is 5.56 Å². The van der Waals surface area contributed by atoms with E-state index in [1.807, 2.05) is 43.3 Å². The molecule has 0 bridgehead atoms. The molecule has 1 rings (SSSR count). The molecule has 0 radical (unpaired) electrons. The lowest BCUT2D eigenvalue weighted by Crippen LogP contribution is -2.04. The minimum atomic E-state index is -0.0348. The molecule has 0 unspecified atom stereocenters. The second kappa shape index (κ2) is 5.24. The molecule has 0 saturated carbocycles. The van der Waals surface area contributed by atoms with Crippen molar-refractivity contribution in [3.05, 3.63) is 48.0 Å². The van der Waals surface area contributed by atoms with Crippen molar-refractivity contribution in [3.8, 4) is 6.07 Å². The lowest BCUT2D eigenvalue weighted by Gasteiger charge is -2.13. The summed E-state index contributed by atoms with van der Waals surface area (Å²) in [6.07, 6.45) is 4.07. The number of rotatable bonds is 3. The van der Waals surface area contributed by atoms with E-state index in [-0.39, 0.29) is 11.8 Å². The number of allylic oxidation sites excluding steroid dienone is 2. The first-order valence-electron chi connectivity index (χ1n) is 4.87. The van der Waals surface area contributed by atoms with E-state index in [4.69, 9.17) is 5.26 Å². The summed E-state index contributed by atoms with van der Waals surface area (Å²) in [7, 11) is 0. The van der Waals surface area contributed by atoms with Crippen LogP contribution in [0, 0.1) is 17.2 Å². The predicted molar refractivity (Wildman–Crippen MR) is 58.8 cm³/mol. The Morgan fingerprint density at radius 2 is 1.93 bits per heavy atom. The lowest BCUT2D eigenvalue weighted by molar-refractivity contribution is 0.651. The highest BCUT2D eigenvalue weighted by atomic mass is 14.3. The summed E-state index contributed by atoms with van der Waals surface area (Å²) in [6, 6.07) is 12.3. The Morgan fingerprint density at radius 1 is 1.29 bits per heavy atom. The van der Waals surface area contributed by atoms with Gasteiger partial charge >= 0.3 is 0 Å². The average molecular weight is 185 g/mol. The van der Waals surface area contributed by atoms with Crippen LogP contribution in [0.4, 0.5) is 0 Å². The van der Waals surface area contributed by atoms with Crippen molar-refractivity contribution in [2.24, 2.45) is 5.92 Å². The normalized spacial score (nSPS) is 14.9. The van der Waals surface area contributed by atoms with Crippen LogP contribution in [0.15, 0.2) is 42.5 Å². The first-order chi connectivity index (χ1) is 6.79. The van der Waals surface area contributed by atoms with Gasteiger partial charge in [-0.05, 0) is 18.4 Å². The van der Waals surface area contributed by atoms with E-state index in [1.54, 1.807) is 0 Å². The maximum absolute atomic E-state index is 9.09. The molecule has 2 atom stereocenters. The molecule has 0 saturated heterocycles. The molecule has 0 spiro atoms. The van der Waals surface area contributed by atoms with Gasteiger partial charge in [-0.2, -0.15) is 5.26 Å². The zero-order valence-corrected chi connectivity index (χ0v) is 8.64. The zero-order chi connectivity index (χ0) is 10.4. The first kappa shape index (κ1) is 10.5. The van der Waals surface area contributed by atoms with Crippen LogP contribution >= 0.6 is 0 Å². The molecule has 0 N–H and O–H groups in total. The van der Waals surface area contributed by atoms with Crippen molar-refractivity contribution in [2.45, 2.75) is 19.8 Å². The molecule has 0 heterocycles. The molecule has 0 fully saturated rings. The van der Waals surface area contributed by atoms with Gasteiger partial charge in [-0.15, -0.1) is 0 Å². The van der Waals surface area contributed by atoms with Crippen LogP contribution in [0.1, 0.15) is 25.3 Å². The Bertz CT molecular complexity index is 332. The molecule has 72 valence electrons. The molecule has 1 nitrogen and oxygen atoms in total. The van der Waals surface area contributed by atoms with Crippen LogP contribution in [0.2, 0.25) is 0 Å². The molecule has 1 heteroatoms. The molecule has 0 aliphatic rings. The summed E-state index contributed by atoms with van der Waals surface area (Å²) in [4.78, 5) is 0. The fraction of sp³-hybridized carbons (Fsp3) is 0.308. The van der Waals surface area contributed by atoms with Crippen molar-refractivity contribution < 1.29 is 0 Å². The van der Waals surface area contributed by atoms with Crippen molar-refractivity contribution in [1.82, 2.24) is 0 Å². The second-order valence-electron chi connectivity index (χ2n) is 3.40. The minimum absolute atomic E-state index is 0.0348. The summed E-state index contributed by atoms with van der Waals surface area (Å²) in [6.45, 7) is 4.05. The van der Waals surface area contributed by atoms with Gasteiger partial charge in [-0.3, -0.25) is 0 Å². The standard InChI is InChI=1S/C13H15N/c1-3-7-11(2)13(10-14)12-8-5-4-6-9-12/h3-9,11,13H,1-2H3/b7-3+/t11-,13+/m0/s1. The summed E-state index contributed by atoms with van der Waals surface area (Å²) < 4.78 is 0. The summed E-state index contributed by atoms with van der Waals surface area (Å²) in [5, 5.41) is 9.09. The number of hydrogen-bond acceptors (Lipinski definition) is 1. The SMILES string of the molecule is C/C=C/[C@H](C)[C@@H](C#N)c1ccccc1. The Balaban J connectivity index is 2.89. The topological polar surface area (TPSA) is 23.8 Å². The summed E-state index contributed by atoms with van der Waals surface area (Å²) in [5.74, 6) is 0.236. The second-order valence-corrected chi connectivity index (χ2v) is 3.40. The molecule has 1 aromatic carbocycles. The van der Waals surface area contributed by atoms with Crippen LogP contribution in [-0.2, 0) is 0 Å². The van der Waals surface area contributed by atoms with E-state index in [2.05, 4.69) is 19.1 Å². The highest BCUT2D eigenvalue weighted by molar-refractivity contribution is 5.26. The number of nitriles is 1. The smallest absolute Gasteiger partial charge is 0.0772 e. The van der Waals surface area contributed by atoms with Crippen LogP contribution in [0.5, 0.6) is 0 Å². The van der Waals surface area contributed by atoms with E-state index in [9.17, 15) is 0 Å². The van der Waals surface area contributed by atoms with Crippen LogP contribution in [0.25, 0.3) is 0 Å². The van der Waals surface area contributed by atoms with Crippen LogP contribution in [-0.4, -0.2) is 0 Å². The van der Waals surface area contributed by atoms with E-state index >= 15 is 0 Å². The molecule has 0 aromatic heterocycles. The van der Waals surface area contributed by atoms with Gasteiger partial charge in [0.05, 0.1) is 12.0 Å². The van der Waals surface area contributed by atoms with Gasteiger partial charge in [0.1, 0.15) is 0 Å². The van der Waals surface area contributed by atoms with Gasteiger partial charge < -0.3 is 0 Å². The predicted octanol–water partition coefficient (Wildman–Crippen LogP) is 3.51. The third-order valence-electron chi connectivity index (χ3n) is 2.32. The largest absolute Gasteiger partial charge is 0.198 e. The number of hydrogen-bond donors (Lipinski definition) is 0. The highest BCUT2D eigenvalue weighted by Gasteiger charge is 2.15. The van der Waals surface area contributed by atoms with Gasteiger partial charge in [-0.1, -0.05) is 49.4 Å². The molecule has 0 aliphatic carbocycles.